The van der Waals surface area contributed by atoms with E-state index >= 15 is 0 Å². The van der Waals surface area contributed by atoms with Gasteiger partial charge in [0.2, 0.25) is 0 Å². The predicted octanol–water partition coefficient (Wildman–Crippen LogP) is 3.05. The number of rotatable bonds is 6. The highest BCUT2D eigenvalue weighted by Crippen LogP contribution is 2.32. The molecule has 1 N–H and O–H groups in total. The molecule has 0 saturated heterocycles. The second-order valence-electron chi connectivity index (χ2n) is 5.68. The first-order valence-corrected chi connectivity index (χ1v) is 7.04. The molecule has 16 heavy (non-hydrogen) atoms. The Bertz CT molecular complexity index is 179. The van der Waals surface area contributed by atoms with Crippen LogP contribution in [0.1, 0.15) is 59.3 Å². The van der Waals surface area contributed by atoms with Crippen LogP contribution in [0.3, 0.4) is 0 Å². The van der Waals surface area contributed by atoms with Crippen molar-refractivity contribution in [2.45, 2.75) is 64.9 Å². The summed E-state index contributed by atoms with van der Waals surface area (Å²) in [6, 6.07) is 0. The van der Waals surface area contributed by atoms with E-state index in [-0.39, 0.29) is 0 Å². The molecule has 0 unspecified atom stereocenters. The molecule has 0 radical (unpaired) electrons. The maximum atomic E-state index is 10.6. The Kier molecular flexibility index (Phi) is 5.77. The minimum atomic E-state index is -0.392. The van der Waals surface area contributed by atoms with E-state index in [1.54, 1.807) is 0 Å². The monoisotopic (exact) mass is 227 g/mol. The van der Waals surface area contributed by atoms with Gasteiger partial charge in [-0.1, -0.05) is 20.8 Å². The fraction of sp³-hybridized carbons (Fsp3) is 1.00. The Balaban J connectivity index is 2.42. The fourth-order valence-electron chi connectivity index (χ4n) is 2.78. The highest BCUT2D eigenvalue weighted by atomic mass is 16.3. The minimum Gasteiger partial charge on any atom is -0.389 e. The average molecular weight is 227 g/mol. The SMILES string of the molecule is CCCN(CCC)CC1(O)CCC(C)CC1. The highest BCUT2D eigenvalue weighted by molar-refractivity contribution is 4.87. The van der Waals surface area contributed by atoms with E-state index in [9.17, 15) is 5.11 Å². The van der Waals surface area contributed by atoms with E-state index in [0.29, 0.717) is 0 Å². The zero-order chi connectivity index (χ0) is 12.0. The van der Waals surface area contributed by atoms with Crippen molar-refractivity contribution in [1.82, 2.24) is 4.90 Å². The van der Waals surface area contributed by atoms with Crippen LogP contribution in [0.2, 0.25) is 0 Å². The van der Waals surface area contributed by atoms with Crippen molar-refractivity contribution in [2.75, 3.05) is 19.6 Å². The summed E-state index contributed by atoms with van der Waals surface area (Å²) in [4.78, 5) is 2.44. The van der Waals surface area contributed by atoms with Gasteiger partial charge in [0.25, 0.3) is 0 Å². The van der Waals surface area contributed by atoms with Gasteiger partial charge >= 0.3 is 0 Å². The topological polar surface area (TPSA) is 23.5 Å². The highest BCUT2D eigenvalue weighted by Gasteiger charge is 2.33. The van der Waals surface area contributed by atoms with Gasteiger partial charge in [0.1, 0.15) is 0 Å². The third-order valence-electron chi connectivity index (χ3n) is 3.80. The van der Waals surface area contributed by atoms with Gasteiger partial charge in [-0.3, -0.25) is 0 Å². The Morgan fingerprint density at radius 1 is 1.12 bits per heavy atom. The van der Waals surface area contributed by atoms with Gasteiger partial charge in [0.05, 0.1) is 5.60 Å². The van der Waals surface area contributed by atoms with Crippen molar-refractivity contribution in [3.8, 4) is 0 Å². The summed E-state index contributed by atoms with van der Waals surface area (Å²) >= 11 is 0. The lowest BCUT2D eigenvalue weighted by Crippen LogP contribution is -2.45. The maximum absolute atomic E-state index is 10.6. The number of hydrogen-bond acceptors (Lipinski definition) is 2. The first-order valence-electron chi connectivity index (χ1n) is 7.04. The van der Waals surface area contributed by atoms with Crippen LogP contribution in [0.25, 0.3) is 0 Å². The van der Waals surface area contributed by atoms with Gasteiger partial charge in [0, 0.05) is 6.54 Å². The predicted molar refractivity (Wildman–Crippen MR) is 69.6 cm³/mol. The largest absolute Gasteiger partial charge is 0.389 e. The summed E-state index contributed by atoms with van der Waals surface area (Å²) in [5.41, 5.74) is -0.392. The third kappa shape index (κ3) is 4.42. The van der Waals surface area contributed by atoms with Crippen molar-refractivity contribution in [3.63, 3.8) is 0 Å². The zero-order valence-electron chi connectivity index (χ0n) is 11.3. The first-order chi connectivity index (χ1) is 7.59. The minimum absolute atomic E-state index is 0.392. The Hall–Kier alpha value is -0.0800. The molecule has 0 aromatic carbocycles. The lowest BCUT2D eigenvalue weighted by molar-refractivity contribution is -0.0350. The number of nitrogens with zero attached hydrogens (tertiary/aromatic N) is 1. The maximum Gasteiger partial charge on any atom is 0.0774 e. The molecule has 1 fully saturated rings. The zero-order valence-corrected chi connectivity index (χ0v) is 11.3. The third-order valence-corrected chi connectivity index (χ3v) is 3.80. The molecule has 0 aromatic heterocycles. The molecule has 1 aliphatic carbocycles. The van der Waals surface area contributed by atoms with Crippen molar-refractivity contribution >= 4 is 0 Å². The molecular weight excluding hydrogens is 198 g/mol. The summed E-state index contributed by atoms with van der Waals surface area (Å²) in [5.74, 6) is 0.811. The lowest BCUT2D eigenvalue weighted by atomic mass is 9.79. The first kappa shape index (κ1) is 14.0. The Labute approximate surface area is 101 Å². The molecule has 2 heteroatoms. The van der Waals surface area contributed by atoms with Gasteiger partial charge in [-0.25, -0.2) is 0 Å². The molecule has 0 aliphatic heterocycles. The molecule has 0 aromatic rings. The summed E-state index contributed by atoms with van der Waals surface area (Å²) in [6.45, 7) is 9.89. The molecule has 0 amide bonds. The van der Waals surface area contributed by atoms with Gasteiger partial charge in [-0.15, -0.1) is 0 Å². The molecule has 1 saturated carbocycles. The van der Waals surface area contributed by atoms with Gasteiger partial charge in [-0.2, -0.15) is 0 Å². The van der Waals surface area contributed by atoms with Crippen LogP contribution >= 0.6 is 0 Å². The van der Waals surface area contributed by atoms with Crippen LogP contribution in [0, 0.1) is 5.92 Å². The second kappa shape index (κ2) is 6.61. The van der Waals surface area contributed by atoms with E-state index in [4.69, 9.17) is 0 Å². The van der Waals surface area contributed by atoms with E-state index in [2.05, 4.69) is 25.7 Å². The Morgan fingerprint density at radius 3 is 2.06 bits per heavy atom. The van der Waals surface area contributed by atoms with Gasteiger partial charge in [-0.05, 0) is 57.5 Å². The van der Waals surface area contributed by atoms with Crippen LogP contribution in [-0.2, 0) is 0 Å². The summed E-state index contributed by atoms with van der Waals surface area (Å²) in [6.07, 6.45) is 6.76. The van der Waals surface area contributed by atoms with Crippen molar-refractivity contribution in [1.29, 1.82) is 0 Å². The number of aliphatic hydroxyl groups is 1. The van der Waals surface area contributed by atoms with Gasteiger partial charge < -0.3 is 10.0 Å². The quantitative estimate of drug-likeness (QED) is 0.754. The summed E-state index contributed by atoms with van der Waals surface area (Å²) < 4.78 is 0. The van der Waals surface area contributed by atoms with Crippen LogP contribution < -0.4 is 0 Å². The van der Waals surface area contributed by atoms with Crippen molar-refractivity contribution < 1.29 is 5.11 Å². The summed E-state index contributed by atoms with van der Waals surface area (Å²) in [5, 5.41) is 10.6. The van der Waals surface area contributed by atoms with E-state index in [0.717, 1.165) is 38.4 Å². The normalized spacial score (nSPS) is 30.9. The molecule has 2 nitrogen and oxygen atoms in total. The fourth-order valence-corrected chi connectivity index (χ4v) is 2.78. The lowest BCUT2D eigenvalue weighted by Gasteiger charge is -2.38. The molecular formula is C14H29NO. The molecule has 0 spiro atoms. The van der Waals surface area contributed by atoms with Crippen LogP contribution in [0.4, 0.5) is 0 Å². The van der Waals surface area contributed by atoms with Gasteiger partial charge in [0.15, 0.2) is 0 Å². The average Bonchev–Trinajstić information content (AvgIpc) is 2.24. The van der Waals surface area contributed by atoms with Crippen molar-refractivity contribution in [3.05, 3.63) is 0 Å². The van der Waals surface area contributed by atoms with Crippen molar-refractivity contribution in [2.24, 2.45) is 5.92 Å². The molecule has 0 bridgehead atoms. The van der Waals surface area contributed by atoms with E-state index in [1.807, 2.05) is 0 Å². The second-order valence-corrected chi connectivity index (χ2v) is 5.68. The Morgan fingerprint density at radius 2 is 1.62 bits per heavy atom. The summed E-state index contributed by atoms with van der Waals surface area (Å²) in [7, 11) is 0. The molecule has 96 valence electrons. The van der Waals surface area contributed by atoms with Crippen LogP contribution in [-0.4, -0.2) is 35.2 Å². The standard InChI is InChI=1S/C14H29NO/c1-4-10-15(11-5-2)12-14(16)8-6-13(3)7-9-14/h13,16H,4-12H2,1-3H3. The molecule has 1 aliphatic rings. The molecule has 0 heterocycles. The molecule has 0 atom stereocenters. The molecule has 1 rings (SSSR count). The van der Waals surface area contributed by atoms with Crippen LogP contribution in [0.15, 0.2) is 0 Å². The van der Waals surface area contributed by atoms with Crippen LogP contribution in [0.5, 0.6) is 0 Å². The van der Waals surface area contributed by atoms with E-state index in [1.165, 1.54) is 25.7 Å². The smallest absolute Gasteiger partial charge is 0.0774 e. The van der Waals surface area contributed by atoms with E-state index < -0.39 is 5.60 Å². The number of hydrogen-bond donors (Lipinski definition) is 1.